The van der Waals surface area contributed by atoms with Gasteiger partial charge >= 0.3 is 12.0 Å². The second-order valence-electron chi connectivity index (χ2n) is 4.91. The van der Waals surface area contributed by atoms with Gasteiger partial charge in [0, 0.05) is 13.1 Å². The van der Waals surface area contributed by atoms with Crippen molar-refractivity contribution in [3.8, 4) is 5.75 Å². The Morgan fingerprint density at radius 2 is 2.14 bits per heavy atom. The molecule has 1 aromatic rings. The molecule has 0 aromatic heterocycles. The fraction of sp³-hybridized carbons (Fsp3) is 0.357. The lowest BCUT2D eigenvalue weighted by Gasteiger charge is -2.18. The molecule has 7 nitrogen and oxygen atoms in total. The molecule has 1 atom stereocenters. The maximum absolute atomic E-state index is 12.1. The van der Waals surface area contributed by atoms with Crippen molar-refractivity contribution in [1.29, 1.82) is 0 Å². The first kappa shape index (κ1) is 16.3. The summed E-state index contributed by atoms with van der Waals surface area (Å²) in [7, 11) is 0. The molecule has 0 saturated carbocycles. The number of aryl methyl sites for hydroxylation is 1. The van der Waals surface area contributed by atoms with Crippen LogP contribution in [-0.4, -0.2) is 47.1 Å². The van der Waals surface area contributed by atoms with E-state index in [2.05, 4.69) is 21.2 Å². The van der Waals surface area contributed by atoms with Crippen LogP contribution in [0.25, 0.3) is 0 Å². The van der Waals surface area contributed by atoms with Crippen molar-refractivity contribution in [3.63, 3.8) is 0 Å². The molecule has 22 heavy (non-hydrogen) atoms. The van der Waals surface area contributed by atoms with E-state index in [1.54, 1.807) is 13.0 Å². The lowest BCUT2D eigenvalue weighted by molar-refractivity contribution is -0.136. The molecule has 0 bridgehead atoms. The standard InChI is InChI=1S/C14H15BrN2O5/c1-7-5-9(11(18)10(15)6-7)13(20)22-8(2)12(19)17-4-3-16-14(17)21/h5-6,8,18H,3-4H2,1-2H3,(H,16,21). The number of amides is 3. The first-order valence-electron chi connectivity index (χ1n) is 6.60. The molecule has 8 heteroatoms. The average Bonchev–Trinajstić information content (AvgIpc) is 2.87. The molecule has 1 heterocycles. The quantitative estimate of drug-likeness (QED) is 0.787. The number of aromatic hydroxyl groups is 1. The van der Waals surface area contributed by atoms with E-state index in [1.807, 2.05) is 0 Å². The monoisotopic (exact) mass is 370 g/mol. The highest BCUT2D eigenvalue weighted by Crippen LogP contribution is 2.30. The van der Waals surface area contributed by atoms with Gasteiger partial charge in [0.05, 0.1) is 4.47 Å². The van der Waals surface area contributed by atoms with Crippen LogP contribution in [0.15, 0.2) is 16.6 Å². The van der Waals surface area contributed by atoms with Crippen molar-refractivity contribution in [1.82, 2.24) is 10.2 Å². The number of nitrogens with one attached hydrogen (secondary N) is 1. The van der Waals surface area contributed by atoms with Crippen LogP contribution in [0, 0.1) is 6.92 Å². The largest absolute Gasteiger partial charge is 0.506 e. The molecule has 1 aliphatic heterocycles. The molecular weight excluding hydrogens is 356 g/mol. The highest BCUT2D eigenvalue weighted by molar-refractivity contribution is 9.10. The summed E-state index contributed by atoms with van der Waals surface area (Å²) in [5.74, 6) is -1.69. The second kappa shape index (κ2) is 6.35. The van der Waals surface area contributed by atoms with Crippen LogP contribution in [0.2, 0.25) is 0 Å². The maximum Gasteiger partial charge on any atom is 0.342 e. The third-order valence-corrected chi connectivity index (χ3v) is 3.79. The summed E-state index contributed by atoms with van der Waals surface area (Å²) in [6.45, 7) is 3.75. The molecular formula is C14H15BrN2O5. The van der Waals surface area contributed by atoms with Crippen molar-refractivity contribution < 1.29 is 24.2 Å². The van der Waals surface area contributed by atoms with E-state index in [4.69, 9.17) is 4.74 Å². The minimum Gasteiger partial charge on any atom is -0.506 e. The van der Waals surface area contributed by atoms with Crippen molar-refractivity contribution in [2.24, 2.45) is 0 Å². The number of nitrogens with zero attached hydrogens (tertiary/aromatic N) is 1. The van der Waals surface area contributed by atoms with E-state index in [1.165, 1.54) is 13.0 Å². The number of benzene rings is 1. The van der Waals surface area contributed by atoms with E-state index >= 15 is 0 Å². The smallest absolute Gasteiger partial charge is 0.342 e. The number of hydrogen-bond donors (Lipinski definition) is 2. The Labute approximate surface area is 135 Å². The Bertz CT molecular complexity index is 646. The molecule has 1 unspecified atom stereocenters. The molecule has 1 aliphatic rings. The summed E-state index contributed by atoms with van der Waals surface area (Å²) < 4.78 is 5.42. The summed E-state index contributed by atoms with van der Waals surface area (Å²) in [5.41, 5.74) is 0.701. The Morgan fingerprint density at radius 3 is 2.73 bits per heavy atom. The minimum absolute atomic E-state index is 0.0441. The molecule has 0 aliphatic carbocycles. The summed E-state index contributed by atoms with van der Waals surface area (Å²) in [6.07, 6.45) is -1.13. The Kier molecular flexibility index (Phi) is 4.70. The fourth-order valence-corrected chi connectivity index (χ4v) is 2.64. The van der Waals surface area contributed by atoms with Gasteiger partial charge in [0.2, 0.25) is 0 Å². The predicted octanol–water partition coefficient (Wildman–Crippen LogP) is 1.56. The maximum atomic E-state index is 12.1. The minimum atomic E-state index is -1.13. The molecule has 0 radical (unpaired) electrons. The molecule has 1 fully saturated rings. The van der Waals surface area contributed by atoms with Crippen molar-refractivity contribution >= 4 is 33.8 Å². The number of halogens is 1. The normalized spacial score (nSPS) is 15.4. The van der Waals surface area contributed by atoms with E-state index in [9.17, 15) is 19.5 Å². The summed E-state index contributed by atoms with van der Waals surface area (Å²) in [4.78, 5) is 36.6. The Morgan fingerprint density at radius 1 is 1.45 bits per heavy atom. The van der Waals surface area contributed by atoms with Gasteiger partial charge in [0.1, 0.15) is 11.3 Å². The summed E-state index contributed by atoms with van der Waals surface area (Å²) in [6, 6.07) is 2.60. The second-order valence-corrected chi connectivity index (χ2v) is 5.77. The van der Waals surface area contributed by atoms with Crippen LogP contribution >= 0.6 is 15.9 Å². The number of ether oxygens (including phenoxy) is 1. The predicted molar refractivity (Wildman–Crippen MR) is 80.5 cm³/mol. The van der Waals surface area contributed by atoms with E-state index in [-0.39, 0.29) is 17.9 Å². The molecule has 3 amide bonds. The van der Waals surface area contributed by atoms with Gasteiger partial charge in [-0.1, -0.05) is 0 Å². The number of rotatable bonds is 3. The van der Waals surface area contributed by atoms with Gasteiger partial charge in [0.25, 0.3) is 5.91 Å². The van der Waals surface area contributed by atoms with Crippen LogP contribution in [0.1, 0.15) is 22.8 Å². The van der Waals surface area contributed by atoms with Crippen LogP contribution < -0.4 is 5.32 Å². The number of imide groups is 1. The zero-order valence-corrected chi connectivity index (χ0v) is 13.6. The SMILES string of the molecule is Cc1cc(Br)c(O)c(C(=O)OC(C)C(=O)N2CCNC2=O)c1. The van der Waals surface area contributed by atoms with Gasteiger partial charge in [-0.2, -0.15) is 0 Å². The fourth-order valence-electron chi connectivity index (χ4n) is 2.07. The van der Waals surface area contributed by atoms with E-state index in [0.717, 1.165) is 10.5 Å². The number of carbonyl (C=O) groups is 3. The number of phenolic OH excluding ortho intramolecular Hbond substituents is 1. The number of phenols is 1. The third-order valence-electron chi connectivity index (χ3n) is 3.18. The zero-order valence-electron chi connectivity index (χ0n) is 12.1. The van der Waals surface area contributed by atoms with Crippen LogP contribution in [0.5, 0.6) is 5.75 Å². The topological polar surface area (TPSA) is 95.9 Å². The van der Waals surface area contributed by atoms with Crippen molar-refractivity contribution in [2.45, 2.75) is 20.0 Å². The molecule has 1 saturated heterocycles. The number of hydrogen-bond acceptors (Lipinski definition) is 5. The molecule has 2 rings (SSSR count). The van der Waals surface area contributed by atoms with Crippen molar-refractivity contribution in [2.75, 3.05) is 13.1 Å². The van der Waals surface area contributed by atoms with E-state index in [0.29, 0.717) is 11.0 Å². The summed E-state index contributed by atoms with van der Waals surface area (Å²) >= 11 is 3.14. The third kappa shape index (κ3) is 3.22. The molecule has 2 N–H and O–H groups in total. The Balaban J connectivity index is 2.11. The summed E-state index contributed by atoms with van der Waals surface area (Å²) in [5, 5.41) is 12.4. The van der Waals surface area contributed by atoms with Gasteiger partial charge < -0.3 is 15.2 Å². The van der Waals surface area contributed by atoms with Gasteiger partial charge in [-0.05, 0) is 47.5 Å². The highest BCUT2D eigenvalue weighted by atomic mass is 79.9. The number of esters is 1. The van der Waals surface area contributed by atoms with Gasteiger partial charge in [-0.25, -0.2) is 9.59 Å². The highest BCUT2D eigenvalue weighted by Gasteiger charge is 2.32. The molecule has 118 valence electrons. The van der Waals surface area contributed by atoms with Gasteiger partial charge in [0.15, 0.2) is 6.10 Å². The molecule has 0 spiro atoms. The average molecular weight is 371 g/mol. The first-order chi connectivity index (χ1) is 10.3. The van der Waals surface area contributed by atoms with Crippen molar-refractivity contribution in [3.05, 3.63) is 27.7 Å². The van der Waals surface area contributed by atoms with Crippen LogP contribution in [0.4, 0.5) is 4.79 Å². The van der Waals surface area contributed by atoms with Crippen LogP contribution in [0.3, 0.4) is 0 Å². The lowest BCUT2D eigenvalue weighted by atomic mass is 10.1. The zero-order chi connectivity index (χ0) is 16.4. The molecule has 1 aromatic carbocycles. The van der Waals surface area contributed by atoms with Gasteiger partial charge in [-0.3, -0.25) is 9.69 Å². The van der Waals surface area contributed by atoms with Crippen LogP contribution in [-0.2, 0) is 9.53 Å². The van der Waals surface area contributed by atoms with E-state index < -0.39 is 24.0 Å². The van der Waals surface area contributed by atoms with Gasteiger partial charge in [-0.15, -0.1) is 0 Å². The number of urea groups is 1. The Hall–Kier alpha value is -2.09. The lowest BCUT2D eigenvalue weighted by Crippen LogP contribution is -2.41. The number of carbonyl (C=O) groups excluding carboxylic acids is 3. The first-order valence-corrected chi connectivity index (χ1v) is 7.40.